The minimum Gasteiger partial charge on any atom is -0.523 e. The van der Waals surface area contributed by atoms with Crippen molar-refractivity contribution in [1.82, 2.24) is 0 Å². The zero-order valence-corrected chi connectivity index (χ0v) is 27.4. The van der Waals surface area contributed by atoms with Gasteiger partial charge in [0.05, 0.1) is 22.9 Å². The summed E-state index contributed by atoms with van der Waals surface area (Å²) in [5, 5.41) is 0. The second-order valence-electron chi connectivity index (χ2n) is 15.2. The Bertz CT molecular complexity index is 987. The summed E-state index contributed by atoms with van der Waals surface area (Å²) in [5.74, 6) is 4.52. The molecule has 2 bridgehead atoms. The van der Waals surface area contributed by atoms with E-state index in [4.69, 9.17) is 27.9 Å². The molecule has 6 nitrogen and oxygen atoms in total. The number of hydrogen-bond donors (Lipinski definition) is 0. The third kappa shape index (κ3) is 5.87. The molecule has 2 saturated heterocycles. The summed E-state index contributed by atoms with van der Waals surface area (Å²) < 4.78 is 35.1. The first-order chi connectivity index (χ1) is 18.4. The lowest BCUT2D eigenvalue weighted by molar-refractivity contribution is -0.199. The normalized spacial score (nSPS) is 31.9. The average Bonchev–Trinajstić information content (AvgIpc) is 3.50. The molecule has 9 heteroatoms. The molecule has 222 valence electrons. The predicted octanol–water partition coefficient (Wildman–Crippen LogP) is 7.97. The maximum Gasteiger partial charge on any atom is 0.597 e. The molecule has 0 amide bonds. The topological polar surface area (TPSA) is 55.4 Å². The first-order valence-corrected chi connectivity index (χ1v) is 15.5. The molecule has 0 N–H and O–H groups in total. The van der Waals surface area contributed by atoms with Gasteiger partial charge < -0.3 is 27.9 Å². The monoisotopic (exact) mass is 554 g/mol. The van der Waals surface area contributed by atoms with E-state index in [-0.39, 0.29) is 38.2 Å². The Morgan fingerprint density at radius 1 is 0.650 bits per heavy atom. The van der Waals surface area contributed by atoms with Crippen LogP contribution in [-0.4, -0.2) is 44.3 Å². The molecular weight excluding hydrogens is 501 g/mol. The van der Waals surface area contributed by atoms with Gasteiger partial charge in [0.25, 0.3) is 0 Å². The molecule has 3 aliphatic carbocycles. The van der Waals surface area contributed by atoms with Crippen LogP contribution in [0.2, 0.25) is 17.5 Å². The van der Waals surface area contributed by atoms with E-state index in [0.29, 0.717) is 34.9 Å². The van der Waals surface area contributed by atoms with Gasteiger partial charge in [0, 0.05) is 5.82 Å². The summed E-state index contributed by atoms with van der Waals surface area (Å²) in [7, 11) is -0.137. The quantitative estimate of drug-likeness (QED) is 0.354. The van der Waals surface area contributed by atoms with Crippen molar-refractivity contribution in [3.63, 3.8) is 0 Å². The Morgan fingerprint density at radius 2 is 1.12 bits per heavy atom. The van der Waals surface area contributed by atoms with Crippen LogP contribution in [0.25, 0.3) is 0 Å². The number of rotatable bonds is 3. The van der Waals surface area contributed by atoms with Crippen LogP contribution in [0.1, 0.15) is 103 Å². The maximum absolute atomic E-state index is 6.28. The van der Waals surface area contributed by atoms with Gasteiger partial charge in [0.2, 0.25) is 0 Å². The molecule has 0 aromatic heterocycles. The zero-order chi connectivity index (χ0) is 29.8. The zero-order valence-electron chi connectivity index (χ0n) is 27.4. The fourth-order valence-corrected chi connectivity index (χ4v) is 6.54. The van der Waals surface area contributed by atoms with Gasteiger partial charge >= 0.3 is 21.4 Å². The van der Waals surface area contributed by atoms with Crippen molar-refractivity contribution in [3.05, 3.63) is 24.3 Å². The molecule has 3 aliphatic heterocycles. The second kappa shape index (κ2) is 11.2. The van der Waals surface area contributed by atoms with Gasteiger partial charge in [0.1, 0.15) is 11.5 Å². The van der Waals surface area contributed by atoms with E-state index in [0.717, 1.165) is 17.4 Å². The lowest BCUT2D eigenvalue weighted by Crippen LogP contribution is -2.65. The van der Waals surface area contributed by atoms with E-state index in [1.54, 1.807) is 0 Å². The van der Waals surface area contributed by atoms with Crippen LogP contribution in [0.15, 0.2) is 24.3 Å². The SMILES string of the molecule is CC(C)B1OC(C)(C)C(C)(C)O1.CC(C)B1O[C@@H]2C[C@@H]3C[C@@H](C3(C)C)[C@]2(C)O1.CC(C)B1Oc2ccccc2O1. The van der Waals surface area contributed by atoms with E-state index < -0.39 is 0 Å². The average molecular weight is 554 g/mol. The van der Waals surface area contributed by atoms with Crippen LogP contribution < -0.4 is 9.31 Å². The van der Waals surface area contributed by atoms with Crippen LogP contribution in [0.5, 0.6) is 11.5 Å². The smallest absolute Gasteiger partial charge is 0.523 e. The van der Waals surface area contributed by atoms with Crippen LogP contribution in [0.4, 0.5) is 0 Å². The van der Waals surface area contributed by atoms with Gasteiger partial charge in [-0.3, -0.25) is 0 Å². The standard InChI is InChI=1S/C13H23BO2.C9H11BO2.C9H19BO2/c1-8(2)14-15-11-7-9-6-10(12(9,3)4)13(11,5)16-14;1-7(2)10-11-8-5-3-4-6-9(8)12-10;1-7(2)10-11-8(3,4)9(5,6)12-10/h8-11H,6-7H2,1-5H3;3-7H,1-2H3;7H,1-6H3/t9-,10-,11+,13-;;/m0../s1. The van der Waals surface area contributed by atoms with Gasteiger partial charge in [0.15, 0.2) is 0 Å². The molecule has 0 unspecified atom stereocenters. The molecule has 0 radical (unpaired) electrons. The summed E-state index contributed by atoms with van der Waals surface area (Å²) in [6, 6.07) is 7.76. The molecule has 7 rings (SSSR count). The third-order valence-electron chi connectivity index (χ3n) is 10.2. The van der Waals surface area contributed by atoms with E-state index >= 15 is 0 Å². The molecule has 40 heavy (non-hydrogen) atoms. The summed E-state index contributed by atoms with van der Waals surface area (Å²) >= 11 is 0. The summed E-state index contributed by atoms with van der Waals surface area (Å²) in [5.41, 5.74) is 0.0809. The molecule has 3 saturated carbocycles. The van der Waals surface area contributed by atoms with Crippen molar-refractivity contribution in [2.24, 2.45) is 17.3 Å². The lowest BCUT2D eigenvalue weighted by atomic mass is 9.43. The predicted molar refractivity (Wildman–Crippen MR) is 165 cm³/mol. The number of benzene rings is 1. The molecule has 4 atom stereocenters. The third-order valence-corrected chi connectivity index (χ3v) is 10.2. The molecule has 1 aromatic carbocycles. The number of para-hydroxylation sites is 2. The summed E-state index contributed by atoms with van der Waals surface area (Å²) in [6.07, 6.45) is 2.88. The van der Waals surface area contributed by atoms with Crippen molar-refractivity contribution in [2.45, 2.75) is 143 Å². The molecular formula is C31H53B3O6. The molecule has 0 spiro atoms. The van der Waals surface area contributed by atoms with Crippen molar-refractivity contribution >= 4 is 21.4 Å². The van der Waals surface area contributed by atoms with Crippen molar-refractivity contribution in [3.8, 4) is 11.5 Å². The van der Waals surface area contributed by atoms with Gasteiger partial charge in [-0.2, -0.15) is 0 Å². The van der Waals surface area contributed by atoms with Gasteiger partial charge in [-0.15, -0.1) is 0 Å². The fourth-order valence-electron chi connectivity index (χ4n) is 6.54. The van der Waals surface area contributed by atoms with Crippen LogP contribution in [-0.2, 0) is 18.6 Å². The highest BCUT2D eigenvalue weighted by atomic mass is 16.7. The van der Waals surface area contributed by atoms with Gasteiger partial charge in [-0.25, -0.2) is 0 Å². The van der Waals surface area contributed by atoms with Crippen molar-refractivity contribution in [2.75, 3.05) is 0 Å². The van der Waals surface area contributed by atoms with E-state index in [2.05, 4.69) is 90.0 Å². The molecule has 5 fully saturated rings. The minimum absolute atomic E-state index is 0.0187. The van der Waals surface area contributed by atoms with Crippen LogP contribution >= 0.6 is 0 Å². The van der Waals surface area contributed by atoms with E-state index in [1.165, 1.54) is 12.8 Å². The molecule has 1 aromatic rings. The number of hydrogen-bond acceptors (Lipinski definition) is 6. The highest BCUT2D eigenvalue weighted by molar-refractivity contribution is 6.49. The van der Waals surface area contributed by atoms with E-state index in [1.807, 2.05) is 24.3 Å². The Kier molecular flexibility index (Phi) is 8.87. The summed E-state index contributed by atoms with van der Waals surface area (Å²) in [6.45, 7) is 28.1. The Morgan fingerprint density at radius 3 is 1.52 bits per heavy atom. The maximum atomic E-state index is 6.28. The number of fused-ring (bicyclic) bond motifs is 1. The fraction of sp³-hybridized carbons (Fsp3) is 0.806. The Labute approximate surface area is 245 Å². The largest absolute Gasteiger partial charge is 0.597 e. The van der Waals surface area contributed by atoms with Crippen LogP contribution in [0, 0.1) is 17.3 Å². The first-order valence-electron chi connectivity index (χ1n) is 15.5. The van der Waals surface area contributed by atoms with Crippen molar-refractivity contribution in [1.29, 1.82) is 0 Å². The first kappa shape index (κ1) is 31.8. The highest BCUT2D eigenvalue weighted by Crippen LogP contribution is 2.66. The second-order valence-corrected chi connectivity index (χ2v) is 15.2. The molecule has 6 aliphatic rings. The van der Waals surface area contributed by atoms with E-state index in [9.17, 15) is 0 Å². The minimum atomic E-state index is -0.179. The van der Waals surface area contributed by atoms with Gasteiger partial charge in [-0.05, 0) is 88.5 Å². The highest BCUT2D eigenvalue weighted by Gasteiger charge is 2.68. The Balaban J connectivity index is 0.000000141. The Hall–Kier alpha value is -1.15. The lowest BCUT2D eigenvalue weighted by Gasteiger charge is -2.64. The van der Waals surface area contributed by atoms with Gasteiger partial charge in [-0.1, -0.05) is 67.5 Å². The van der Waals surface area contributed by atoms with Crippen molar-refractivity contribution < 1.29 is 27.9 Å². The van der Waals surface area contributed by atoms with Crippen LogP contribution in [0.3, 0.4) is 0 Å². The molecule has 3 heterocycles. The summed E-state index contributed by atoms with van der Waals surface area (Å²) in [4.78, 5) is 0.